The smallest absolute Gasteiger partial charge is 0.244 e. The van der Waals surface area contributed by atoms with Crippen LogP contribution in [0.3, 0.4) is 0 Å². The number of rotatable bonds is 5. The number of nitrogens with one attached hydrogen (secondary N) is 1. The summed E-state index contributed by atoms with van der Waals surface area (Å²) in [6, 6.07) is 4.92. The van der Waals surface area contributed by atoms with Crippen molar-refractivity contribution < 1.29 is 13.2 Å². The number of methoxy groups -OCH3 is 1. The Morgan fingerprint density at radius 3 is 2.67 bits per heavy atom. The molecule has 0 heterocycles. The number of sulfonamides is 1. The van der Waals surface area contributed by atoms with Gasteiger partial charge in [-0.05, 0) is 43.9 Å². The van der Waals surface area contributed by atoms with Crippen LogP contribution in [0, 0.1) is 5.92 Å². The predicted molar refractivity (Wildman–Crippen MR) is 73.2 cm³/mol. The van der Waals surface area contributed by atoms with E-state index in [0.29, 0.717) is 16.1 Å². The molecule has 0 unspecified atom stereocenters. The molecule has 2 rings (SSSR count). The first-order chi connectivity index (χ1) is 8.44. The summed E-state index contributed by atoms with van der Waals surface area (Å²) in [5.74, 6) is 0.826. The average Bonchev–Trinajstić information content (AvgIpc) is 3.12. The minimum absolute atomic E-state index is 0.0290. The van der Waals surface area contributed by atoms with Crippen LogP contribution in [0.2, 0.25) is 0 Å². The monoisotopic (exact) mass is 333 g/mol. The molecular formula is C12H16BrNO3S. The van der Waals surface area contributed by atoms with E-state index in [4.69, 9.17) is 4.74 Å². The first kappa shape index (κ1) is 13.8. The molecule has 0 spiro atoms. The zero-order valence-electron chi connectivity index (χ0n) is 10.3. The van der Waals surface area contributed by atoms with Crippen LogP contribution in [-0.2, 0) is 10.0 Å². The Morgan fingerprint density at radius 1 is 1.44 bits per heavy atom. The summed E-state index contributed by atoms with van der Waals surface area (Å²) < 4.78 is 33.1. The summed E-state index contributed by atoms with van der Waals surface area (Å²) in [4.78, 5) is 0.173. The number of halogens is 1. The van der Waals surface area contributed by atoms with Crippen molar-refractivity contribution in [1.29, 1.82) is 0 Å². The topological polar surface area (TPSA) is 55.4 Å². The Morgan fingerprint density at radius 2 is 2.11 bits per heavy atom. The summed E-state index contributed by atoms with van der Waals surface area (Å²) in [6.07, 6.45) is 2.19. The molecule has 1 aromatic rings. The Kier molecular flexibility index (Phi) is 3.99. The normalized spacial score (nSPS) is 17.5. The van der Waals surface area contributed by atoms with Crippen molar-refractivity contribution in [3.05, 3.63) is 22.7 Å². The SMILES string of the molecule is COc1ccc(Br)cc1S(=O)(=O)N[C@H](C)C1CC1. The minimum atomic E-state index is -3.53. The van der Waals surface area contributed by atoms with Gasteiger partial charge in [-0.2, -0.15) is 0 Å². The van der Waals surface area contributed by atoms with Gasteiger partial charge in [0.1, 0.15) is 10.6 Å². The van der Waals surface area contributed by atoms with Crippen molar-refractivity contribution in [1.82, 2.24) is 4.72 Å². The zero-order chi connectivity index (χ0) is 13.3. The number of benzene rings is 1. The number of hydrogen-bond donors (Lipinski definition) is 1. The Labute approximate surface area is 116 Å². The lowest BCUT2D eigenvalue weighted by molar-refractivity contribution is 0.401. The summed E-state index contributed by atoms with van der Waals surface area (Å²) in [7, 11) is -2.07. The molecule has 1 N–H and O–H groups in total. The first-order valence-electron chi connectivity index (χ1n) is 5.80. The van der Waals surface area contributed by atoms with E-state index in [1.54, 1.807) is 18.2 Å². The molecule has 1 saturated carbocycles. The maximum atomic E-state index is 12.3. The molecule has 0 aliphatic heterocycles. The molecule has 1 atom stereocenters. The van der Waals surface area contributed by atoms with Crippen LogP contribution in [0.1, 0.15) is 19.8 Å². The molecule has 0 saturated heterocycles. The van der Waals surface area contributed by atoms with E-state index in [1.807, 2.05) is 6.92 Å². The Balaban J connectivity index is 2.30. The fourth-order valence-corrected chi connectivity index (χ4v) is 3.88. The molecule has 1 aliphatic rings. The highest BCUT2D eigenvalue weighted by Crippen LogP contribution is 2.34. The number of ether oxygens (including phenoxy) is 1. The molecule has 4 nitrogen and oxygen atoms in total. The van der Waals surface area contributed by atoms with Crippen LogP contribution in [-0.4, -0.2) is 21.6 Å². The van der Waals surface area contributed by atoms with Crippen LogP contribution in [0.5, 0.6) is 5.75 Å². The standard InChI is InChI=1S/C12H16BrNO3S/c1-8(9-3-4-9)14-18(15,16)12-7-10(13)5-6-11(12)17-2/h5-9,14H,3-4H2,1-2H3/t8-/m1/s1. The lowest BCUT2D eigenvalue weighted by atomic mass is 10.2. The van der Waals surface area contributed by atoms with Crippen LogP contribution >= 0.6 is 15.9 Å². The zero-order valence-corrected chi connectivity index (χ0v) is 12.7. The summed E-state index contributed by atoms with van der Waals surface area (Å²) in [6.45, 7) is 1.90. The fourth-order valence-electron chi connectivity index (χ4n) is 1.86. The van der Waals surface area contributed by atoms with Crippen molar-refractivity contribution in [3.63, 3.8) is 0 Å². The van der Waals surface area contributed by atoms with Crippen LogP contribution in [0.15, 0.2) is 27.6 Å². The third kappa shape index (κ3) is 3.05. The predicted octanol–water partition coefficient (Wildman–Crippen LogP) is 2.53. The van der Waals surface area contributed by atoms with Gasteiger partial charge in [0, 0.05) is 10.5 Å². The molecule has 0 aromatic heterocycles. The molecule has 100 valence electrons. The van der Waals surface area contributed by atoms with Gasteiger partial charge >= 0.3 is 0 Å². The Bertz CT molecular complexity index is 540. The molecule has 0 amide bonds. The van der Waals surface area contributed by atoms with Gasteiger partial charge in [0.15, 0.2) is 0 Å². The van der Waals surface area contributed by atoms with Gasteiger partial charge in [-0.15, -0.1) is 0 Å². The van der Waals surface area contributed by atoms with Crippen LogP contribution in [0.25, 0.3) is 0 Å². The van der Waals surface area contributed by atoms with Crippen molar-refractivity contribution in [2.75, 3.05) is 7.11 Å². The van der Waals surface area contributed by atoms with E-state index >= 15 is 0 Å². The van der Waals surface area contributed by atoms with E-state index in [2.05, 4.69) is 20.7 Å². The molecular weight excluding hydrogens is 318 g/mol. The van der Waals surface area contributed by atoms with Crippen molar-refractivity contribution in [2.45, 2.75) is 30.7 Å². The van der Waals surface area contributed by atoms with Gasteiger partial charge in [-0.3, -0.25) is 0 Å². The quantitative estimate of drug-likeness (QED) is 0.900. The summed E-state index contributed by atoms with van der Waals surface area (Å²) in [5, 5.41) is 0. The third-order valence-corrected chi connectivity index (χ3v) is 5.16. The second-order valence-electron chi connectivity index (χ2n) is 4.54. The number of hydrogen-bond acceptors (Lipinski definition) is 3. The molecule has 0 radical (unpaired) electrons. The lowest BCUT2D eigenvalue weighted by Crippen LogP contribution is -2.34. The van der Waals surface area contributed by atoms with E-state index in [9.17, 15) is 8.42 Å². The van der Waals surface area contributed by atoms with Crippen molar-refractivity contribution in [2.24, 2.45) is 5.92 Å². The highest BCUT2D eigenvalue weighted by molar-refractivity contribution is 9.10. The second kappa shape index (κ2) is 5.19. The molecule has 0 bridgehead atoms. The highest BCUT2D eigenvalue weighted by Gasteiger charge is 2.32. The Hall–Kier alpha value is -0.590. The molecule has 6 heteroatoms. The average molecular weight is 334 g/mol. The second-order valence-corrected chi connectivity index (χ2v) is 7.14. The maximum Gasteiger partial charge on any atom is 0.244 e. The van der Waals surface area contributed by atoms with Crippen LogP contribution in [0.4, 0.5) is 0 Å². The first-order valence-corrected chi connectivity index (χ1v) is 8.07. The van der Waals surface area contributed by atoms with Gasteiger partial charge in [-0.1, -0.05) is 15.9 Å². The van der Waals surface area contributed by atoms with Gasteiger partial charge in [-0.25, -0.2) is 13.1 Å². The fraction of sp³-hybridized carbons (Fsp3) is 0.500. The van der Waals surface area contributed by atoms with E-state index in [1.165, 1.54) is 7.11 Å². The molecule has 1 aromatic carbocycles. The van der Waals surface area contributed by atoms with Gasteiger partial charge in [0.25, 0.3) is 0 Å². The minimum Gasteiger partial charge on any atom is -0.495 e. The molecule has 1 aliphatic carbocycles. The maximum absolute atomic E-state index is 12.3. The van der Waals surface area contributed by atoms with Gasteiger partial charge in [0.05, 0.1) is 7.11 Å². The summed E-state index contributed by atoms with van der Waals surface area (Å²) in [5.41, 5.74) is 0. The van der Waals surface area contributed by atoms with Crippen LogP contribution < -0.4 is 9.46 Å². The van der Waals surface area contributed by atoms with Crippen molar-refractivity contribution >= 4 is 26.0 Å². The third-order valence-electron chi connectivity index (χ3n) is 3.09. The molecule has 1 fully saturated rings. The van der Waals surface area contributed by atoms with Gasteiger partial charge in [0.2, 0.25) is 10.0 Å². The highest BCUT2D eigenvalue weighted by atomic mass is 79.9. The van der Waals surface area contributed by atoms with Crippen molar-refractivity contribution in [3.8, 4) is 5.75 Å². The molecule has 18 heavy (non-hydrogen) atoms. The summed E-state index contributed by atoms with van der Waals surface area (Å²) >= 11 is 3.28. The van der Waals surface area contributed by atoms with E-state index in [-0.39, 0.29) is 10.9 Å². The van der Waals surface area contributed by atoms with Gasteiger partial charge < -0.3 is 4.74 Å². The van der Waals surface area contributed by atoms with E-state index < -0.39 is 10.0 Å². The lowest BCUT2D eigenvalue weighted by Gasteiger charge is -2.15. The van der Waals surface area contributed by atoms with E-state index in [0.717, 1.165) is 12.8 Å². The largest absolute Gasteiger partial charge is 0.495 e.